The van der Waals surface area contributed by atoms with E-state index >= 15 is 0 Å². The van der Waals surface area contributed by atoms with Gasteiger partial charge in [0, 0.05) is 42.1 Å². The van der Waals surface area contributed by atoms with Crippen molar-refractivity contribution in [3.8, 4) is 46.0 Å². The highest BCUT2D eigenvalue weighted by molar-refractivity contribution is 9.10. The third kappa shape index (κ3) is 9.13. The Morgan fingerprint density at radius 2 is 1.16 bits per heavy atom. The van der Waals surface area contributed by atoms with E-state index in [4.69, 9.17) is 43.5 Å². The van der Waals surface area contributed by atoms with Crippen LogP contribution in [0.5, 0.6) is 34.8 Å². The zero-order valence-electron chi connectivity index (χ0n) is 34.0. The molecule has 4 aliphatic rings. The molecule has 2 fully saturated rings. The zero-order chi connectivity index (χ0) is 43.3. The quantitative estimate of drug-likeness (QED) is 0.109. The van der Waals surface area contributed by atoms with E-state index in [-0.39, 0.29) is 48.3 Å². The predicted molar refractivity (Wildman–Crippen MR) is 231 cm³/mol. The molecule has 2 aromatic carbocycles. The highest BCUT2D eigenvalue weighted by atomic mass is 79.9. The van der Waals surface area contributed by atoms with E-state index in [1.54, 1.807) is 19.4 Å². The molecule has 0 radical (unpaired) electrons. The van der Waals surface area contributed by atoms with Gasteiger partial charge in [0.2, 0.25) is 25.3 Å². The van der Waals surface area contributed by atoms with Gasteiger partial charge in [0.05, 0.1) is 36.3 Å². The molecule has 316 valence electrons. The summed E-state index contributed by atoms with van der Waals surface area (Å²) in [5.74, 6) is 4.08. The third-order valence-corrected chi connectivity index (χ3v) is 11.6. The van der Waals surface area contributed by atoms with Gasteiger partial charge in [0.15, 0.2) is 23.0 Å². The smallest absolute Gasteiger partial charge is 0.481 e. The standard InChI is InChI=1S/C23H20N2O4.C17H14BrNO3.C6H8BNO3/c1-27-22-17(5-3-11-24-22)18-6-2-4-16(25-18)13-21(26)23(9-10-23)15-7-8-19-20(12-15)29-14-28-19;18-16-3-1-2-12(19-16)9-15(20)17(6-7-17)11-4-5-13-14(8-11)22-10-21-13;1-11-6-5(7(9)10)3-2-4-8-6/h2-8,11-12H,9-10,13-14H2,1H3;1-5,8H,6-7,9-10H2;2-4,9-10H,1H3. The summed E-state index contributed by atoms with van der Waals surface area (Å²) in [4.78, 5) is 43.1. The van der Waals surface area contributed by atoms with Gasteiger partial charge in [-0.1, -0.05) is 30.3 Å². The number of ketones is 2. The summed E-state index contributed by atoms with van der Waals surface area (Å²) in [6.07, 6.45) is 7.31. The normalized spacial score (nSPS) is 15.2. The van der Waals surface area contributed by atoms with Crippen molar-refractivity contribution in [3.05, 3.63) is 137 Å². The molecule has 6 aromatic rings. The van der Waals surface area contributed by atoms with Gasteiger partial charge in [0.1, 0.15) is 16.2 Å². The molecule has 0 amide bonds. The van der Waals surface area contributed by atoms with Gasteiger partial charge >= 0.3 is 7.12 Å². The second-order valence-electron chi connectivity index (χ2n) is 15.0. The molecular weight excluding hydrogens is 859 g/mol. The second-order valence-corrected chi connectivity index (χ2v) is 15.8. The molecular formula is C46H42BBrN4O10. The maximum Gasteiger partial charge on any atom is 0.493 e. The molecule has 62 heavy (non-hydrogen) atoms. The summed E-state index contributed by atoms with van der Waals surface area (Å²) in [5, 5.41) is 17.5. The number of methoxy groups -OCH3 is 2. The Morgan fingerprint density at radius 1 is 0.645 bits per heavy atom. The molecule has 0 unspecified atom stereocenters. The predicted octanol–water partition coefficient (Wildman–Crippen LogP) is 5.91. The van der Waals surface area contributed by atoms with Crippen molar-refractivity contribution in [2.75, 3.05) is 27.8 Å². The molecule has 6 heterocycles. The summed E-state index contributed by atoms with van der Waals surface area (Å²) in [6.45, 7) is 0.482. The molecule has 4 aromatic heterocycles. The fraction of sp³-hybridized carbons (Fsp3) is 0.261. The lowest BCUT2D eigenvalue weighted by Crippen LogP contribution is -2.31. The van der Waals surface area contributed by atoms with Gasteiger partial charge < -0.3 is 38.5 Å². The number of carbonyl (C=O) groups excluding carboxylic acids is 2. The van der Waals surface area contributed by atoms with Crippen LogP contribution in [0.2, 0.25) is 0 Å². The van der Waals surface area contributed by atoms with E-state index in [9.17, 15) is 9.59 Å². The van der Waals surface area contributed by atoms with Crippen LogP contribution in [0, 0.1) is 0 Å². The van der Waals surface area contributed by atoms with Gasteiger partial charge in [-0.15, -0.1) is 0 Å². The van der Waals surface area contributed by atoms with Crippen LogP contribution in [0.15, 0.2) is 114 Å². The average molecular weight is 902 g/mol. The number of halogens is 1. The number of hydrogen-bond acceptors (Lipinski definition) is 14. The summed E-state index contributed by atoms with van der Waals surface area (Å²) in [6, 6.07) is 29.9. The van der Waals surface area contributed by atoms with E-state index in [0.717, 1.165) is 81.3 Å². The van der Waals surface area contributed by atoms with E-state index in [1.165, 1.54) is 19.4 Å². The number of hydrogen-bond donors (Lipinski definition) is 2. The SMILES string of the molecule is COc1ncccc1-c1cccc(CC(=O)C2(c3ccc4c(c3)OCO4)CC2)n1.COc1ncccc1B(O)O.O=C(Cc1cccc(Br)n1)C1(c2ccc3c(c2)OCO3)CC1. The van der Waals surface area contributed by atoms with Crippen molar-refractivity contribution in [2.24, 2.45) is 0 Å². The highest BCUT2D eigenvalue weighted by Crippen LogP contribution is 2.52. The molecule has 2 aliphatic heterocycles. The Hall–Kier alpha value is -6.36. The van der Waals surface area contributed by atoms with Crippen molar-refractivity contribution in [3.63, 3.8) is 0 Å². The van der Waals surface area contributed by atoms with Crippen LogP contribution in [0.4, 0.5) is 0 Å². The molecule has 10 rings (SSSR count). The van der Waals surface area contributed by atoms with E-state index in [0.29, 0.717) is 18.1 Å². The second kappa shape index (κ2) is 18.3. The first-order chi connectivity index (χ1) is 30.1. The van der Waals surface area contributed by atoms with Gasteiger partial charge in [-0.25, -0.2) is 15.0 Å². The molecule has 2 saturated carbocycles. The van der Waals surface area contributed by atoms with Crippen molar-refractivity contribution in [1.29, 1.82) is 0 Å². The zero-order valence-corrected chi connectivity index (χ0v) is 35.5. The molecule has 0 atom stereocenters. The van der Waals surface area contributed by atoms with E-state index in [1.807, 2.05) is 84.9 Å². The summed E-state index contributed by atoms with van der Waals surface area (Å²) in [5.41, 5.74) is 4.57. The number of pyridine rings is 4. The first-order valence-electron chi connectivity index (χ1n) is 19.9. The van der Waals surface area contributed by atoms with Crippen LogP contribution in [-0.2, 0) is 33.3 Å². The molecule has 0 spiro atoms. The van der Waals surface area contributed by atoms with Crippen LogP contribution in [0.3, 0.4) is 0 Å². The number of aromatic nitrogens is 4. The van der Waals surface area contributed by atoms with Crippen LogP contribution >= 0.6 is 15.9 Å². The lowest BCUT2D eigenvalue weighted by atomic mass is 9.81. The minimum absolute atomic E-state index is 0.180. The van der Waals surface area contributed by atoms with Gasteiger partial charge in [-0.3, -0.25) is 14.6 Å². The Bertz CT molecular complexity index is 2600. The number of carbonyl (C=O) groups is 2. The highest BCUT2D eigenvalue weighted by Gasteiger charge is 2.52. The van der Waals surface area contributed by atoms with Crippen molar-refractivity contribution >= 4 is 40.1 Å². The molecule has 0 bridgehead atoms. The topological polar surface area (TPSA) is 182 Å². The van der Waals surface area contributed by atoms with Gasteiger partial charge in [-0.2, -0.15) is 0 Å². The summed E-state index contributed by atoms with van der Waals surface area (Å²) in [7, 11) is 1.48. The minimum atomic E-state index is -1.53. The Kier molecular flexibility index (Phi) is 12.5. The number of fused-ring (bicyclic) bond motifs is 2. The molecule has 14 nitrogen and oxygen atoms in total. The molecule has 2 N–H and O–H groups in total. The first-order valence-corrected chi connectivity index (χ1v) is 20.7. The molecule has 2 aliphatic carbocycles. The third-order valence-electron chi connectivity index (χ3n) is 11.2. The number of ether oxygens (including phenoxy) is 6. The van der Waals surface area contributed by atoms with E-state index in [2.05, 4.69) is 30.9 Å². The van der Waals surface area contributed by atoms with Crippen LogP contribution < -0.4 is 33.9 Å². The monoisotopic (exact) mass is 900 g/mol. The van der Waals surface area contributed by atoms with Gasteiger partial charge in [0.25, 0.3) is 0 Å². The molecule has 16 heteroatoms. The average Bonchev–Trinajstić information content (AvgIpc) is 4.19. The number of Topliss-reactive ketones (excluding diaryl/α,β-unsaturated/α-hetero) is 2. The Morgan fingerprint density at radius 3 is 1.68 bits per heavy atom. The Labute approximate surface area is 366 Å². The van der Waals surface area contributed by atoms with Crippen molar-refractivity contribution < 1.29 is 48.1 Å². The number of nitrogens with zero attached hydrogens (tertiary/aromatic N) is 4. The van der Waals surface area contributed by atoms with Crippen molar-refractivity contribution in [2.45, 2.75) is 49.4 Å². The summed E-state index contributed by atoms with van der Waals surface area (Å²) < 4.78 is 32.5. The van der Waals surface area contributed by atoms with Crippen molar-refractivity contribution in [1.82, 2.24) is 19.9 Å². The van der Waals surface area contributed by atoms with Crippen LogP contribution in [-0.4, -0.2) is 76.5 Å². The summed E-state index contributed by atoms with van der Waals surface area (Å²) >= 11 is 3.34. The number of benzene rings is 2. The molecule has 0 saturated heterocycles. The largest absolute Gasteiger partial charge is 0.493 e. The lowest BCUT2D eigenvalue weighted by Gasteiger charge is -2.15. The maximum atomic E-state index is 13.2. The fourth-order valence-electron chi connectivity index (χ4n) is 7.56. The fourth-order valence-corrected chi connectivity index (χ4v) is 7.94. The minimum Gasteiger partial charge on any atom is -0.481 e. The van der Waals surface area contributed by atoms with E-state index < -0.39 is 12.5 Å². The maximum absolute atomic E-state index is 13.2. The van der Waals surface area contributed by atoms with Crippen LogP contribution in [0.1, 0.15) is 48.2 Å². The Balaban J connectivity index is 0.000000141. The number of rotatable bonds is 12. The van der Waals surface area contributed by atoms with Crippen LogP contribution in [0.25, 0.3) is 11.3 Å². The lowest BCUT2D eigenvalue weighted by molar-refractivity contribution is -0.121. The van der Waals surface area contributed by atoms with Gasteiger partial charge in [-0.05, 0) is 119 Å². The first kappa shape index (κ1) is 42.3.